The molecule has 1 aromatic rings. The second-order valence-electron chi connectivity index (χ2n) is 5.33. The van der Waals surface area contributed by atoms with Crippen LogP contribution in [0.5, 0.6) is 0 Å². The zero-order valence-corrected chi connectivity index (χ0v) is 14.4. The average molecular weight is 340 g/mol. The monoisotopic (exact) mass is 340 g/mol. The summed E-state index contributed by atoms with van der Waals surface area (Å²) in [6.45, 7) is 4.04. The highest BCUT2D eigenvalue weighted by Crippen LogP contribution is 2.16. The molecule has 0 saturated heterocycles. The smallest absolute Gasteiger partial charge is 0.221 e. The highest BCUT2D eigenvalue weighted by Gasteiger charge is 2.16. The van der Waals surface area contributed by atoms with Crippen LogP contribution < -0.4 is 10.6 Å². The van der Waals surface area contributed by atoms with Crippen molar-refractivity contribution >= 4 is 27.3 Å². The molecule has 0 saturated carbocycles. The number of anilines is 1. The summed E-state index contributed by atoms with van der Waals surface area (Å²) in [7, 11) is -3.51. The predicted octanol–water partition coefficient (Wildman–Crippen LogP) is 2.12. The van der Waals surface area contributed by atoms with Gasteiger partial charge in [0.05, 0.1) is 10.6 Å². The highest BCUT2D eigenvalue weighted by atomic mass is 32.2. The molecule has 0 aliphatic carbocycles. The second-order valence-corrected chi connectivity index (χ2v) is 7.44. The quantitative estimate of drug-likeness (QED) is 0.674. The molecule has 0 aromatic heterocycles. The average Bonchev–Trinajstić information content (AvgIpc) is 2.50. The lowest BCUT2D eigenvalue weighted by Crippen LogP contribution is -2.26. The van der Waals surface area contributed by atoms with E-state index in [2.05, 4.69) is 17.6 Å². The molecule has 0 heterocycles. The molecule has 0 aliphatic rings. The SMILES string of the molecule is CCCCCNC(=O)CCS(=O)(=O)c1ccc(NC(C)=O)cc1. The molecule has 6 nitrogen and oxygen atoms in total. The molecule has 7 heteroatoms. The van der Waals surface area contributed by atoms with Gasteiger partial charge in [-0.1, -0.05) is 19.8 Å². The Hall–Kier alpha value is -1.89. The standard InChI is InChI=1S/C16H24N2O4S/c1-3-4-5-11-17-16(20)10-12-23(21,22)15-8-6-14(7-9-15)18-13(2)19/h6-9H,3-5,10-12H2,1-2H3,(H,17,20)(H,18,19). The van der Waals surface area contributed by atoms with Crippen LogP contribution in [0.3, 0.4) is 0 Å². The molecule has 1 rings (SSSR count). The first-order chi connectivity index (χ1) is 10.8. The summed E-state index contributed by atoms with van der Waals surface area (Å²) in [6, 6.07) is 5.91. The fraction of sp³-hybridized carbons (Fsp3) is 0.500. The Kier molecular flexibility index (Phi) is 7.74. The van der Waals surface area contributed by atoms with Crippen molar-refractivity contribution in [3.05, 3.63) is 24.3 Å². The van der Waals surface area contributed by atoms with Gasteiger partial charge in [-0.05, 0) is 30.7 Å². The van der Waals surface area contributed by atoms with Gasteiger partial charge in [0.15, 0.2) is 9.84 Å². The largest absolute Gasteiger partial charge is 0.356 e. The molecule has 0 bridgehead atoms. The molecular weight excluding hydrogens is 316 g/mol. The van der Waals surface area contributed by atoms with Crippen LogP contribution in [0.4, 0.5) is 5.69 Å². The van der Waals surface area contributed by atoms with Crippen molar-refractivity contribution in [2.24, 2.45) is 0 Å². The lowest BCUT2D eigenvalue weighted by atomic mass is 10.2. The lowest BCUT2D eigenvalue weighted by Gasteiger charge is -2.07. The summed E-state index contributed by atoms with van der Waals surface area (Å²) in [5, 5.41) is 5.29. The lowest BCUT2D eigenvalue weighted by molar-refractivity contribution is -0.120. The zero-order chi connectivity index (χ0) is 17.3. The van der Waals surface area contributed by atoms with Gasteiger partial charge >= 0.3 is 0 Å². The van der Waals surface area contributed by atoms with E-state index in [-0.39, 0.29) is 28.9 Å². The van der Waals surface area contributed by atoms with Crippen LogP contribution in [0.25, 0.3) is 0 Å². The van der Waals surface area contributed by atoms with Gasteiger partial charge in [-0.15, -0.1) is 0 Å². The van der Waals surface area contributed by atoms with Gasteiger partial charge < -0.3 is 10.6 Å². The molecule has 2 N–H and O–H groups in total. The van der Waals surface area contributed by atoms with Crippen molar-refractivity contribution < 1.29 is 18.0 Å². The first-order valence-corrected chi connectivity index (χ1v) is 9.37. The van der Waals surface area contributed by atoms with E-state index >= 15 is 0 Å². The molecule has 1 aromatic carbocycles. The van der Waals surface area contributed by atoms with Gasteiger partial charge in [0.2, 0.25) is 11.8 Å². The van der Waals surface area contributed by atoms with E-state index in [1.165, 1.54) is 31.2 Å². The summed E-state index contributed by atoms with van der Waals surface area (Å²) in [5.74, 6) is -0.702. The molecule has 0 atom stereocenters. The van der Waals surface area contributed by atoms with Crippen LogP contribution in [0.15, 0.2) is 29.2 Å². The Bertz CT molecular complexity index is 624. The van der Waals surface area contributed by atoms with Gasteiger partial charge in [0, 0.05) is 25.6 Å². The fourth-order valence-electron chi connectivity index (χ4n) is 1.98. The van der Waals surface area contributed by atoms with Crippen LogP contribution >= 0.6 is 0 Å². The first kappa shape index (κ1) is 19.2. The Morgan fingerprint density at radius 3 is 2.30 bits per heavy atom. The topological polar surface area (TPSA) is 92.3 Å². The number of benzene rings is 1. The minimum Gasteiger partial charge on any atom is -0.356 e. The van der Waals surface area contributed by atoms with Crippen LogP contribution in [-0.4, -0.2) is 32.5 Å². The Morgan fingerprint density at radius 2 is 1.74 bits per heavy atom. The number of amides is 2. The minimum absolute atomic E-state index is 0.0537. The van der Waals surface area contributed by atoms with E-state index < -0.39 is 9.84 Å². The Morgan fingerprint density at radius 1 is 1.09 bits per heavy atom. The summed E-state index contributed by atoms with van der Waals surface area (Å²) in [5.41, 5.74) is 0.533. The second kappa shape index (κ2) is 9.29. The van der Waals surface area contributed by atoms with Crippen LogP contribution in [-0.2, 0) is 19.4 Å². The van der Waals surface area contributed by atoms with Crippen molar-refractivity contribution in [1.82, 2.24) is 5.32 Å². The van der Waals surface area contributed by atoms with Crippen molar-refractivity contribution in [2.75, 3.05) is 17.6 Å². The number of unbranched alkanes of at least 4 members (excludes halogenated alkanes) is 2. The number of carbonyl (C=O) groups excluding carboxylic acids is 2. The maximum Gasteiger partial charge on any atom is 0.221 e. The summed E-state index contributed by atoms with van der Waals surface area (Å²) < 4.78 is 24.4. The molecule has 0 unspecified atom stereocenters. The third-order valence-corrected chi connectivity index (χ3v) is 4.97. The van der Waals surface area contributed by atoms with Gasteiger partial charge in [-0.2, -0.15) is 0 Å². The van der Waals surface area contributed by atoms with E-state index in [4.69, 9.17) is 0 Å². The van der Waals surface area contributed by atoms with Crippen molar-refractivity contribution in [2.45, 2.75) is 44.4 Å². The molecule has 0 aliphatic heterocycles. The Labute approximate surface area is 137 Å². The summed E-state index contributed by atoms with van der Waals surface area (Å²) in [6.07, 6.45) is 2.96. The maximum absolute atomic E-state index is 12.2. The predicted molar refractivity (Wildman–Crippen MR) is 90.0 cm³/mol. The first-order valence-electron chi connectivity index (χ1n) is 7.72. The molecule has 0 fully saturated rings. The Balaban J connectivity index is 2.52. The number of sulfone groups is 1. The highest BCUT2D eigenvalue weighted by molar-refractivity contribution is 7.91. The summed E-state index contributed by atoms with van der Waals surface area (Å²) in [4.78, 5) is 22.7. The molecular formula is C16H24N2O4S. The zero-order valence-electron chi connectivity index (χ0n) is 13.6. The summed E-state index contributed by atoms with van der Waals surface area (Å²) >= 11 is 0. The third kappa shape index (κ3) is 7.27. The third-order valence-electron chi connectivity index (χ3n) is 3.23. The van der Waals surface area contributed by atoms with E-state index in [9.17, 15) is 18.0 Å². The van der Waals surface area contributed by atoms with E-state index in [0.717, 1.165) is 19.3 Å². The molecule has 128 valence electrons. The van der Waals surface area contributed by atoms with Gasteiger partial charge in [-0.25, -0.2) is 8.42 Å². The van der Waals surface area contributed by atoms with Crippen molar-refractivity contribution in [3.8, 4) is 0 Å². The van der Waals surface area contributed by atoms with Gasteiger partial charge in [0.25, 0.3) is 0 Å². The van der Waals surface area contributed by atoms with E-state index in [1.807, 2.05) is 0 Å². The number of hydrogen-bond acceptors (Lipinski definition) is 4. The number of nitrogens with one attached hydrogen (secondary N) is 2. The molecule has 0 spiro atoms. The normalized spacial score (nSPS) is 11.0. The van der Waals surface area contributed by atoms with Crippen LogP contribution in [0, 0.1) is 0 Å². The number of rotatable bonds is 9. The van der Waals surface area contributed by atoms with Gasteiger partial charge in [-0.3, -0.25) is 9.59 Å². The van der Waals surface area contributed by atoms with Crippen LogP contribution in [0.2, 0.25) is 0 Å². The van der Waals surface area contributed by atoms with E-state index in [0.29, 0.717) is 12.2 Å². The number of hydrogen-bond donors (Lipinski definition) is 2. The fourth-order valence-corrected chi connectivity index (χ4v) is 3.23. The molecule has 0 radical (unpaired) electrons. The van der Waals surface area contributed by atoms with Crippen molar-refractivity contribution in [3.63, 3.8) is 0 Å². The number of carbonyl (C=O) groups is 2. The van der Waals surface area contributed by atoms with Gasteiger partial charge in [0.1, 0.15) is 0 Å². The molecule has 23 heavy (non-hydrogen) atoms. The maximum atomic E-state index is 12.2. The molecule has 2 amide bonds. The van der Waals surface area contributed by atoms with Crippen molar-refractivity contribution in [1.29, 1.82) is 0 Å². The minimum atomic E-state index is -3.51. The van der Waals surface area contributed by atoms with Crippen LogP contribution in [0.1, 0.15) is 39.5 Å². The van der Waals surface area contributed by atoms with E-state index in [1.54, 1.807) is 0 Å².